The van der Waals surface area contributed by atoms with Crippen molar-refractivity contribution < 1.29 is 0 Å². The molecular formula is C19H18N6. The molecule has 0 N–H and O–H groups in total. The van der Waals surface area contributed by atoms with E-state index < -0.39 is 0 Å². The number of benzene rings is 1. The zero-order valence-corrected chi connectivity index (χ0v) is 13.8. The fourth-order valence-corrected chi connectivity index (χ4v) is 3.23. The monoisotopic (exact) mass is 330 g/mol. The normalized spacial score (nSPS) is 14.4. The van der Waals surface area contributed by atoms with Crippen LogP contribution in [0.3, 0.4) is 0 Å². The van der Waals surface area contributed by atoms with Gasteiger partial charge in [0.1, 0.15) is 12.1 Å². The lowest BCUT2D eigenvalue weighted by Crippen LogP contribution is -2.29. The van der Waals surface area contributed by atoms with Gasteiger partial charge >= 0.3 is 0 Å². The number of hydrogen-bond acceptors (Lipinski definition) is 5. The molecule has 3 aromatic rings. The Labute approximate surface area is 146 Å². The Kier molecular flexibility index (Phi) is 4.13. The summed E-state index contributed by atoms with van der Waals surface area (Å²) in [5.74, 6) is 0.913. The van der Waals surface area contributed by atoms with E-state index in [0.29, 0.717) is 13.0 Å². The van der Waals surface area contributed by atoms with E-state index in [-0.39, 0.29) is 0 Å². The van der Waals surface area contributed by atoms with E-state index in [0.717, 1.165) is 36.4 Å². The molecule has 0 saturated heterocycles. The maximum absolute atomic E-state index is 8.78. The molecule has 0 atom stereocenters. The van der Waals surface area contributed by atoms with Gasteiger partial charge in [0.15, 0.2) is 5.65 Å². The second-order valence-corrected chi connectivity index (χ2v) is 6.00. The van der Waals surface area contributed by atoms with Gasteiger partial charge < -0.3 is 4.90 Å². The van der Waals surface area contributed by atoms with Crippen molar-refractivity contribution in [2.24, 2.45) is 0 Å². The van der Waals surface area contributed by atoms with Gasteiger partial charge in [-0.3, -0.25) is 0 Å². The zero-order chi connectivity index (χ0) is 17.1. The number of nitriles is 1. The summed E-state index contributed by atoms with van der Waals surface area (Å²) >= 11 is 0. The third-order valence-electron chi connectivity index (χ3n) is 4.50. The Balaban J connectivity index is 1.60. The van der Waals surface area contributed by atoms with Gasteiger partial charge in [-0.25, -0.2) is 14.6 Å². The molecule has 1 aromatic carbocycles. The lowest BCUT2D eigenvalue weighted by Gasteiger charge is -2.27. The number of aryl methyl sites for hydroxylation is 1. The van der Waals surface area contributed by atoms with Crippen molar-refractivity contribution in [2.45, 2.75) is 19.4 Å². The van der Waals surface area contributed by atoms with Crippen LogP contribution >= 0.6 is 0 Å². The van der Waals surface area contributed by atoms with Crippen LogP contribution in [-0.2, 0) is 6.54 Å². The Morgan fingerprint density at radius 1 is 1.16 bits per heavy atom. The smallest absolute Gasteiger partial charge is 0.163 e. The second-order valence-electron chi connectivity index (χ2n) is 6.00. The fourth-order valence-electron chi connectivity index (χ4n) is 3.23. The van der Waals surface area contributed by atoms with E-state index in [1.165, 1.54) is 11.1 Å². The SMILES string of the molecule is N#CCCn1ncc2c(N3CC=C(c4ccccc4)CC3)ncnc21. The van der Waals surface area contributed by atoms with Crippen molar-refractivity contribution in [3.05, 3.63) is 54.5 Å². The fraction of sp³-hybridized carbons (Fsp3) is 0.263. The molecule has 0 aliphatic carbocycles. The third-order valence-corrected chi connectivity index (χ3v) is 4.50. The molecule has 6 nitrogen and oxygen atoms in total. The first-order valence-electron chi connectivity index (χ1n) is 8.39. The van der Waals surface area contributed by atoms with Crippen molar-refractivity contribution in [1.29, 1.82) is 5.26 Å². The molecule has 1 aliphatic rings. The molecule has 0 radical (unpaired) electrons. The molecule has 1 aliphatic heterocycles. The summed E-state index contributed by atoms with van der Waals surface area (Å²) in [5.41, 5.74) is 3.46. The van der Waals surface area contributed by atoms with Gasteiger partial charge in [0, 0.05) is 13.1 Å². The summed E-state index contributed by atoms with van der Waals surface area (Å²) in [5, 5.41) is 14.1. The summed E-state index contributed by atoms with van der Waals surface area (Å²) in [6, 6.07) is 12.7. The van der Waals surface area contributed by atoms with E-state index in [4.69, 9.17) is 5.26 Å². The Morgan fingerprint density at radius 3 is 2.80 bits per heavy atom. The van der Waals surface area contributed by atoms with E-state index in [1.807, 2.05) is 6.07 Å². The van der Waals surface area contributed by atoms with Gasteiger partial charge in [0.2, 0.25) is 0 Å². The van der Waals surface area contributed by atoms with Gasteiger partial charge in [-0.15, -0.1) is 0 Å². The van der Waals surface area contributed by atoms with Crippen LogP contribution in [0.2, 0.25) is 0 Å². The molecule has 2 aromatic heterocycles. The standard InChI is InChI=1S/C19H18N6/c20-9-4-10-25-19-17(13-23-25)18(21-14-22-19)24-11-7-16(8-12-24)15-5-2-1-3-6-15/h1-3,5-7,13-14H,4,8,10-12H2. The van der Waals surface area contributed by atoms with Crippen LogP contribution in [0.25, 0.3) is 16.6 Å². The van der Waals surface area contributed by atoms with Gasteiger partial charge in [-0.2, -0.15) is 10.4 Å². The molecular weight excluding hydrogens is 312 g/mol. The molecule has 124 valence electrons. The van der Waals surface area contributed by atoms with Crippen molar-refractivity contribution >= 4 is 22.4 Å². The van der Waals surface area contributed by atoms with E-state index in [9.17, 15) is 0 Å². The van der Waals surface area contributed by atoms with Crippen molar-refractivity contribution in [1.82, 2.24) is 19.7 Å². The number of nitrogens with zero attached hydrogens (tertiary/aromatic N) is 6. The highest BCUT2D eigenvalue weighted by Gasteiger charge is 2.18. The van der Waals surface area contributed by atoms with Crippen molar-refractivity contribution in [3.63, 3.8) is 0 Å². The third kappa shape index (κ3) is 2.96. The Morgan fingerprint density at radius 2 is 2.04 bits per heavy atom. The first kappa shape index (κ1) is 15.3. The minimum absolute atomic E-state index is 0.420. The van der Waals surface area contributed by atoms with E-state index in [2.05, 4.69) is 56.4 Å². The number of fused-ring (bicyclic) bond motifs is 1. The molecule has 0 fully saturated rings. The van der Waals surface area contributed by atoms with Crippen LogP contribution in [0.5, 0.6) is 0 Å². The summed E-state index contributed by atoms with van der Waals surface area (Å²) in [4.78, 5) is 11.1. The molecule has 0 saturated carbocycles. The van der Waals surface area contributed by atoms with Crippen LogP contribution in [0.15, 0.2) is 48.9 Å². The molecule has 6 heteroatoms. The lowest BCUT2D eigenvalue weighted by atomic mass is 9.99. The number of rotatable bonds is 4. The lowest BCUT2D eigenvalue weighted by molar-refractivity contribution is 0.643. The maximum atomic E-state index is 8.78. The second kappa shape index (κ2) is 6.73. The topological polar surface area (TPSA) is 70.6 Å². The van der Waals surface area contributed by atoms with Gasteiger partial charge in [-0.05, 0) is 17.6 Å². The molecule has 4 rings (SSSR count). The average molecular weight is 330 g/mol. The summed E-state index contributed by atoms with van der Waals surface area (Å²) in [6.45, 7) is 2.28. The number of anilines is 1. The quantitative estimate of drug-likeness (QED) is 0.735. The predicted octanol–water partition coefficient (Wildman–Crippen LogP) is 3.03. The maximum Gasteiger partial charge on any atom is 0.163 e. The van der Waals surface area contributed by atoms with Crippen LogP contribution in [0, 0.1) is 11.3 Å². The number of hydrogen-bond donors (Lipinski definition) is 0. The molecule has 25 heavy (non-hydrogen) atoms. The van der Waals surface area contributed by atoms with Gasteiger partial charge in [0.05, 0.1) is 30.6 Å². The predicted molar refractivity (Wildman–Crippen MR) is 96.8 cm³/mol. The molecule has 0 unspecified atom stereocenters. The van der Waals surface area contributed by atoms with Crippen molar-refractivity contribution in [3.8, 4) is 6.07 Å². The van der Waals surface area contributed by atoms with E-state index in [1.54, 1.807) is 17.2 Å². The van der Waals surface area contributed by atoms with Gasteiger partial charge in [-0.1, -0.05) is 36.4 Å². The Hall–Kier alpha value is -3.20. The molecule has 0 spiro atoms. The molecule has 0 amide bonds. The summed E-state index contributed by atoms with van der Waals surface area (Å²) < 4.78 is 1.78. The van der Waals surface area contributed by atoms with Crippen LogP contribution in [0.4, 0.5) is 5.82 Å². The summed E-state index contributed by atoms with van der Waals surface area (Å²) in [7, 11) is 0. The van der Waals surface area contributed by atoms with E-state index >= 15 is 0 Å². The molecule has 0 bridgehead atoms. The highest BCUT2D eigenvalue weighted by Crippen LogP contribution is 2.28. The highest BCUT2D eigenvalue weighted by molar-refractivity contribution is 5.87. The average Bonchev–Trinajstić information content (AvgIpc) is 3.10. The van der Waals surface area contributed by atoms with Crippen LogP contribution in [-0.4, -0.2) is 32.8 Å². The van der Waals surface area contributed by atoms with Crippen LogP contribution in [0.1, 0.15) is 18.4 Å². The van der Waals surface area contributed by atoms with Crippen molar-refractivity contribution in [2.75, 3.05) is 18.0 Å². The minimum Gasteiger partial charge on any atom is -0.352 e. The Bertz CT molecular complexity index is 951. The molecule has 3 heterocycles. The number of aromatic nitrogens is 4. The summed E-state index contributed by atoms with van der Waals surface area (Å²) in [6.07, 6.45) is 7.06. The van der Waals surface area contributed by atoms with Crippen LogP contribution < -0.4 is 4.90 Å². The largest absolute Gasteiger partial charge is 0.352 e. The minimum atomic E-state index is 0.420. The highest BCUT2D eigenvalue weighted by atomic mass is 15.3. The first-order valence-corrected chi connectivity index (χ1v) is 8.39. The first-order chi connectivity index (χ1) is 12.4. The van der Waals surface area contributed by atoms with Gasteiger partial charge in [0.25, 0.3) is 0 Å². The zero-order valence-electron chi connectivity index (χ0n) is 13.8.